The Morgan fingerprint density at radius 1 is 0.919 bits per heavy atom. The van der Waals surface area contributed by atoms with Crippen molar-refractivity contribution in [3.8, 4) is 34.0 Å². The molecule has 0 radical (unpaired) electrons. The molecule has 37 heavy (non-hydrogen) atoms. The number of sulfone groups is 1. The third-order valence-corrected chi connectivity index (χ3v) is 6.72. The highest BCUT2D eigenvalue weighted by Crippen LogP contribution is 2.37. The summed E-state index contributed by atoms with van der Waals surface area (Å²) >= 11 is 0. The van der Waals surface area contributed by atoms with Gasteiger partial charge in [0.05, 0.1) is 16.7 Å². The second-order valence-corrected chi connectivity index (χ2v) is 10.1. The molecule has 5 aromatic rings. The smallest absolute Gasteiger partial charge is 0.395 e. The van der Waals surface area contributed by atoms with Gasteiger partial charge in [-0.3, -0.25) is 4.57 Å². The van der Waals surface area contributed by atoms with Gasteiger partial charge in [-0.2, -0.15) is 13.2 Å². The molecular weight excluding hydrogens is 509 g/mol. The fraction of sp³-hybridized carbons (Fsp3) is 0.0800. The van der Waals surface area contributed by atoms with Gasteiger partial charge in [-0.15, -0.1) is 9.78 Å². The zero-order valence-corrected chi connectivity index (χ0v) is 19.9. The third kappa shape index (κ3) is 4.70. The van der Waals surface area contributed by atoms with E-state index < -0.39 is 27.3 Å². The Morgan fingerprint density at radius 2 is 1.65 bits per heavy atom. The lowest BCUT2D eigenvalue weighted by Crippen LogP contribution is -2.13. The van der Waals surface area contributed by atoms with Gasteiger partial charge in [-0.25, -0.2) is 18.2 Å². The summed E-state index contributed by atoms with van der Waals surface area (Å²) < 4.78 is 72.2. The van der Waals surface area contributed by atoms with Gasteiger partial charge in [0.2, 0.25) is 6.39 Å². The highest BCUT2D eigenvalue weighted by molar-refractivity contribution is 7.90. The van der Waals surface area contributed by atoms with E-state index in [1.807, 2.05) is 0 Å². The van der Waals surface area contributed by atoms with E-state index in [0.29, 0.717) is 16.8 Å². The molecule has 0 spiro atoms. The molecule has 0 fully saturated rings. The summed E-state index contributed by atoms with van der Waals surface area (Å²) in [4.78, 5) is 16.5. The summed E-state index contributed by atoms with van der Waals surface area (Å²) in [5, 5.41) is 3.77. The second kappa shape index (κ2) is 8.89. The van der Waals surface area contributed by atoms with Gasteiger partial charge < -0.3 is 4.42 Å². The molecule has 0 amide bonds. The minimum atomic E-state index is -4.65. The van der Waals surface area contributed by atoms with Crippen LogP contribution in [0.4, 0.5) is 13.2 Å². The Bertz CT molecular complexity index is 1770. The lowest BCUT2D eigenvalue weighted by molar-refractivity contribution is -0.137. The summed E-state index contributed by atoms with van der Waals surface area (Å²) in [6, 6.07) is 18.1. The third-order valence-electron chi connectivity index (χ3n) is 5.61. The monoisotopic (exact) mass is 526 g/mol. The summed E-state index contributed by atoms with van der Waals surface area (Å²) in [6.45, 7) is 0. The first kappa shape index (κ1) is 24.3. The highest BCUT2D eigenvalue weighted by atomic mass is 32.2. The van der Waals surface area contributed by atoms with Gasteiger partial charge >= 0.3 is 11.9 Å². The molecule has 188 valence electrons. The van der Waals surface area contributed by atoms with Crippen LogP contribution in [0.1, 0.15) is 5.56 Å². The van der Waals surface area contributed by atoms with Gasteiger partial charge in [-0.05, 0) is 41.5 Å². The van der Waals surface area contributed by atoms with Crippen LogP contribution < -0.4 is 5.76 Å². The van der Waals surface area contributed by atoms with Crippen molar-refractivity contribution < 1.29 is 26.0 Å². The quantitative estimate of drug-likeness (QED) is 0.327. The largest absolute Gasteiger partial charge is 0.443 e. The van der Waals surface area contributed by atoms with Crippen LogP contribution in [-0.2, 0) is 16.0 Å². The molecule has 2 heterocycles. The molecule has 0 bridgehead atoms. The molecule has 0 unspecified atom stereocenters. The maximum Gasteiger partial charge on any atom is 0.443 e. The van der Waals surface area contributed by atoms with Crippen LogP contribution in [0.15, 0.2) is 99.5 Å². The van der Waals surface area contributed by atoms with E-state index in [4.69, 9.17) is 0 Å². The molecule has 0 N–H and O–H groups in total. The van der Waals surface area contributed by atoms with Gasteiger partial charge in [-0.1, -0.05) is 42.5 Å². The molecule has 0 aliphatic heterocycles. The average molecular weight is 526 g/mol. The lowest BCUT2D eigenvalue weighted by Gasteiger charge is -2.14. The van der Waals surface area contributed by atoms with Gasteiger partial charge in [0.25, 0.3) is 0 Å². The molecule has 0 saturated heterocycles. The lowest BCUT2D eigenvalue weighted by atomic mass is 10.0. The van der Waals surface area contributed by atoms with E-state index in [2.05, 4.69) is 14.5 Å². The predicted molar refractivity (Wildman–Crippen MR) is 128 cm³/mol. The SMILES string of the molecule is CS(=O)(=O)c1cccc(-c2ccc(-n3cc(-n4ncoc4=O)nc3-c3ccccc3C(F)(F)F)cc2)c1. The molecule has 3 aromatic carbocycles. The van der Waals surface area contributed by atoms with Crippen LogP contribution in [0.5, 0.6) is 0 Å². The number of imidazole rings is 1. The molecule has 0 saturated carbocycles. The molecule has 0 aliphatic carbocycles. The van der Waals surface area contributed by atoms with Crippen molar-refractivity contribution in [2.45, 2.75) is 11.1 Å². The standard InChI is InChI=1S/C25H17F3N4O4S/c1-37(34,35)19-6-4-5-17(13-19)16-9-11-18(12-10-16)31-14-22(32-24(33)36-15-29-32)30-23(31)20-7-2-3-8-21(20)25(26,27)28/h2-15H,1H3. The maximum atomic E-state index is 13.8. The van der Waals surface area contributed by atoms with Gasteiger partial charge in [0.1, 0.15) is 5.82 Å². The number of halogens is 3. The number of nitrogens with zero attached hydrogens (tertiary/aromatic N) is 4. The van der Waals surface area contributed by atoms with E-state index in [0.717, 1.165) is 23.4 Å². The van der Waals surface area contributed by atoms with Crippen LogP contribution in [0, 0.1) is 0 Å². The Hall–Kier alpha value is -4.45. The molecule has 2 aromatic heterocycles. The topological polar surface area (TPSA) is 100.0 Å². The predicted octanol–water partition coefficient (Wildman–Crippen LogP) is 4.77. The Balaban J connectivity index is 1.65. The highest BCUT2D eigenvalue weighted by Gasteiger charge is 2.35. The molecule has 5 rings (SSSR count). The first-order chi connectivity index (χ1) is 17.5. The summed E-state index contributed by atoms with van der Waals surface area (Å²) in [5.74, 6) is -0.943. The Kier molecular flexibility index (Phi) is 5.83. The van der Waals surface area contributed by atoms with Crippen LogP contribution in [0.3, 0.4) is 0 Å². The Labute approximate surface area is 208 Å². The van der Waals surface area contributed by atoms with E-state index >= 15 is 0 Å². The number of benzene rings is 3. The van der Waals surface area contributed by atoms with Crippen LogP contribution in [0.25, 0.3) is 34.0 Å². The van der Waals surface area contributed by atoms with Crippen LogP contribution >= 0.6 is 0 Å². The number of aromatic nitrogens is 4. The minimum Gasteiger partial charge on any atom is -0.395 e. The molecule has 8 nitrogen and oxygen atoms in total. The normalized spacial score (nSPS) is 12.1. The first-order valence-corrected chi connectivity index (χ1v) is 12.6. The number of hydrogen-bond acceptors (Lipinski definition) is 6. The number of alkyl halides is 3. The second-order valence-electron chi connectivity index (χ2n) is 8.10. The van der Waals surface area contributed by atoms with Crippen molar-refractivity contribution >= 4 is 9.84 Å². The van der Waals surface area contributed by atoms with E-state index in [-0.39, 0.29) is 22.1 Å². The van der Waals surface area contributed by atoms with Crippen molar-refractivity contribution in [3.05, 3.63) is 102 Å². The van der Waals surface area contributed by atoms with Gasteiger partial charge in [0, 0.05) is 17.5 Å². The summed E-state index contributed by atoms with van der Waals surface area (Å²) in [7, 11) is -3.40. The zero-order chi connectivity index (χ0) is 26.4. The van der Waals surface area contributed by atoms with Crippen molar-refractivity contribution in [2.75, 3.05) is 6.26 Å². The van der Waals surface area contributed by atoms with Crippen LogP contribution in [0.2, 0.25) is 0 Å². The first-order valence-electron chi connectivity index (χ1n) is 10.7. The van der Waals surface area contributed by atoms with E-state index in [9.17, 15) is 26.4 Å². The van der Waals surface area contributed by atoms with Crippen molar-refractivity contribution in [2.24, 2.45) is 0 Å². The van der Waals surface area contributed by atoms with Crippen molar-refractivity contribution in [1.82, 2.24) is 19.3 Å². The fourth-order valence-corrected chi connectivity index (χ4v) is 4.54. The molecule has 12 heteroatoms. The number of hydrogen-bond donors (Lipinski definition) is 0. The summed E-state index contributed by atoms with van der Waals surface area (Å²) in [6.07, 6.45) is -1.24. The van der Waals surface area contributed by atoms with E-state index in [1.54, 1.807) is 42.5 Å². The van der Waals surface area contributed by atoms with Crippen molar-refractivity contribution in [1.29, 1.82) is 0 Å². The average Bonchev–Trinajstić information content (AvgIpc) is 3.49. The fourth-order valence-electron chi connectivity index (χ4n) is 3.87. The minimum absolute atomic E-state index is 0.0318. The molecular formula is C25H17F3N4O4S. The maximum absolute atomic E-state index is 13.8. The zero-order valence-electron chi connectivity index (χ0n) is 19.0. The number of rotatable bonds is 5. The molecule has 0 atom stereocenters. The van der Waals surface area contributed by atoms with Crippen LogP contribution in [-0.4, -0.2) is 34.0 Å². The summed E-state index contributed by atoms with van der Waals surface area (Å²) in [5.41, 5.74) is 0.709. The van der Waals surface area contributed by atoms with Gasteiger partial charge in [0.15, 0.2) is 15.7 Å². The van der Waals surface area contributed by atoms with Crippen molar-refractivity contribution in [3.63, 3.8) is 0 Å². The Morgan fingerprint density at radius 3 is 2.30 bits per heavy atom. The van der Waals surface area contributed by atoms with E-state index in [1.165, 1.54) is 35.0 Å². The molecule has 0 aliphatic rings.